The number of aromatic amines is 1. The van der Waals surface area contributed by atoms with Gasteiger partial charge in [0, 0.05) is 6.04 Å². The molecule has 0 aliphatic heterocycles. The van der Waals surface area contributed by atoms with E-state index in [4.69, 9.17) is 0 Å². The van der Waals surface area contributed by atoms with Gasteiger partial charge in [-0.05, 0) is 44.4 Å². The molecule has 0 aliphatic carbocycles. The predicted octanol–water partition coefficient (Wildman–Crippen LogP) is 3.57. The molecule has 1 aromatic carbocycles. The van der Waals surface area contributed by atoms with Crippen LogP contribution in [-0.4, -0.2) is 27.5 Å². The zero-order chi connectivity index (χ0) is 16.1. The Bertz CT molecular complexity index is 663. The van der Waals surface area contributed by atoms with Crippen molar-refractivity contribution < 1.29 is 0 Å². The first-order chi connectivity index (χ1) is 10.5. The van der Waals surface area contributed by atoms with E-state index in [2.05, 4.69) is 42.6 Å². The van der Waals surface area contributed by atoms with E-state index in [1.165, 1.54) is 0 Å². The zero-order valence-corrected chi connectivity index (χ0v) is 14.1. The van der Waals surface area contributed by atoms with Crippen LogP contribution in [0.5, 0.6) is 0 Å². The number of para-hydroxylation sites is 1. The molecule has 0 fully saturated rings. The van der Waals surface area contributed by atoms with Gasteiger partial charge in [-0.1, -0.05) is 32.9 Å². The number of H-pyrrole nitrogens is 1. The number of nitrogens with zero attached hydrogens (tertiary/aromatic N) is 2. The Morgan fingerprint density at radius 1 is 1.23 bits per heavy atom. The van der Waals surface area contributed by atoms with Crippen LogP contribution in [0.3, 0.4) is 0 Å². The van der Waals surface area contributed by atoms with Crippen LogP contribution in [0.25, 0.3) is 10.9 Å². The molecule has 4 heteroatoms. The third-order valence-electron chi connectivity index (χ3n) is 4.22. The van der Waals surface area contributed by atoms with Gasteiger partial charge in [0.15, 0.2) is 0 Å². The minimum Gasteiger partial charge on any atom is -0.309 e. The first-order valence-corrected chi connectivity index (χ1v) is 8.23. The van der Waals surface area contributed by atoms with Crippen molar-refractivity contribution in [3.8, 4) is 0 Å². The largest absolute Gasteiger partial charge is 0.309 e. The molecular weight excluding hydrogens is 274 g/mol. The molecule has 1 N–H and O–H groups in total. The summed E-state index contributed by atoms with van der Waals surface area (Å²) in [5, 5.41) is 0.656. The molecule has 0 amide bonds. The lowest BCUT2D eigenvalue weighted by atomic mass is 10.1. The minimum absolute atomic E-state index is 0.0476. The van der Waals surface area contributed by atoms with E-state index in [1.807, 2.05) is 24.3 Å². The van der Waals surface area contributed by atoms with Crippen molar-refractivity contribution in [2.24, 2.45) is 5.92 Å². The Morgan fingerprint density at radius 3 is 2.64 bits per heavy atom. The van der Waals surface area contributed by atoms with Gasteiger partial charge in [-0.3, -0.25) is 9.69 Å². The number of aromatic nitrogens is 2. The second-order valence-corrected chi connectivity index (χ2v) is 6.44. The van der Waals surface area contributed by atoms with Crippen molar-refractivity contribution in [1.29, 1.82) is 0 Å². The molecule has 2 rings (SSSR count). The van der Waals surface area contributed by atoms with Gasteiger partial charge in [0.1, 0.15) is 5.82 Å². The molecule has 1 heterocycles. The lowest BCUT2D eigenvalue weighted by Gasteiger charge is -2.28. The molecular formula is C18H27N3O. The quantitative estimate of drug-likeness (QED) is 0.850. The van der Waals surface area contributed by atoms with Crippen LogP contribution in [0, 0.1) is 5.92 Å². The highest BCUT2D eigenvalue weighted by Crippen LogP contribution is 2.12. The highest BCUT2D eigenvalue weighted by atomic mass is 16.1. The molecule has 0 bridgehead atoms. The van der Waals surface area contributed by atoms with Gasteiger partial charge in [0.2, 0.25) is 0 Å². The summed E-state index contributed by atoms with van der Waals surface area (Å²) in [6.07, 6.45) is 2.25. The molecule has 0 aliphatic rings. The van der Waals surface area contributed by atoms with Crippen LogP contribution in [0.15, 0.2) is 29.1 Å². The number of fused-ring (bicyclic) bond motifs is 1. The van der Waals surface area contributed by atoms with Crippen LogP contribution in [0.4, 0.5) is 0 Å². The Morgan fingerprint density at radius 2 is 1.95 bits per heavy atom. The Labute approximate surface area is 132 Å². The SMILES string of the molecule is CCC(C)N(CCC(C)C)Cc1nc2ccccc2c(=O)[nH]1. The first kappa shape index (κ1) is 16.7. The maximum atomic E-state index is 12.2. The Balaban J connectivity index is 2.23. The van der Waals surface area contributed by atoms with Crippen molar-refractivity contribution in [3.63, 3.8) is 0 Å². The number of nitrogens with one attached hydrogen (secondary N) is 1. The van der Waals surface area contributed by atoms with E-state index < -0.39 is 0 Å². The van der Waals surface area contributed by atoms with Crippen LogP contribution in [0.2, 0.25) is 0 Å². The average Bonchev–Trinajstić information content (AvgIpc) is 2.50. The van der Waals surface area contributed by atoms with Gasteiger partial charge in [-0.15, -0.1) is 0 Å². The van der Waals surface area contributed by atoms with E-state index in [0.29, 0.717) is 23.9 Å². The number of hydrogen-bond donors (Lipinski definition) is 1. The molecule has 0 saturated heterocycles. The number of benzene rings is 1. The van der Waals surface area contributed by atoms with Crippen molar-refractivity contribution in [3.05, 3.63) is 40.4 Å². The van der Waals surface area contributed by atoms with Gasteiger partial charge in [0.25, 0.3) is 5.56 Å². The Hall–Kier alpha value is -1.68. The fraction of sp³-hybridized carbons (Fsp3) is 0.556. The lowest BCUT2D eigenvalue weighted by molar-refractivity contribution is 0.180. The second kappa shape index (κ2) is 7.54. The van der Waals surface area contributed by atoms with Gasteiger partial charge in [0.05, 0.1) is 17.4 Å². The summed E-state index contributed by atoms with van der Waals surface area (Å²) in [5.74, 6) is 1.43. The van der Waals surface area contributed by atoms with Gasteiger partial charge in [-0.2, -0.15) is 0 Å². The van der Waals surface area contributed by atoms with Crippen LogP contribution in [-0.2, 0) is 6.54 Å². The molecule has 0 saturated carbocycles. The van der Waals surface area contributed by atoms with Gasteiger partial charge < -0.3 is 4.98 Å². The van der Waals surface area contributed by atoms with Crippen LogP contribution >= 0.6 is 0 Å². The van der Waals surface area contributed by atoms with Crippen LogP contribution in [0.1, 0.15) is 46.4 Å². The summed E-state index contributed by atoms with van der Waals surface area (Å²) >= 11 is 0. The van der Waals surface area contributed by atoms with E-state index in [0.717, 1.165) is 30.7 Å². The summed E-state index contributed by atoms with van der Waals surface area (Å²) in [5.41, 5.74) is 0.725. The Kier molecular flexibility index (Phi) is 5.72. The zero-order valence-electron chi connectivity index (χ0n) is 14.1. The molecule has 120 valence electrons. The average molecular weight is 301 g/mol. The molecule has 1 aromatic heterocycles. The molecule has 0 radical (unpaired) electrons. The van der Waals surface area contributed by atoms with Gasteiger partial charge >= 0.3 is 0 Å². The highest BCUT2D eigenvalue weighted by Gasteiger charge is 2.15. The molecule has 2 aromatic rings. The highest BCUT2D eigenvalue weighted by molar-refractivity contribution is 5.77. The van der Waals surface area contributed by atoms with Gasteiger partial charge in [-0.25, -0.2) is 4.98 Å². The van der Waals surface area contributed by atoms with Crippen molar-refractivity contribution in [1.82, 2.24) is 14.9 Å². The minimum atomic E-state index is -0.0476. The van der Waals surface area contributed by atoms with Crippen molar-refractivity contribution in [2.75, 3.05) is 6.54 Å². The fourth-order valence-corrected chi connectivity index (χ4v) is 2.54. The van der Waals surface area contributed by atoms with E-state index >= 15 is 0 Å². The molecule has 1 atom stereocenters. The lowest BCUT2D eigenvalue weighted by Crippen LogP contribution is -2.34. The third kappa shape index (κ3) is 4.17. The summed E-state index contributed by atoms with van der Waals surface area (Å²) in [6.45, 7) is 10.6. The van der Waals surface area contributed by atoms with E-state index in [1.54, 1.807) is 0 Å². The maximum absolute atomic E-state index is 12.2. The first-order valence-electron chi connectivity index (χ1n) is 8.23. The maximum Gasteiger partial charge on any atom is 0.258 e. The molecule has 4 nitrogen and oxygen atoms in total. The summed E-state index contributed by atoms with van der Waals surface area (Å²) in [4.78, 5) is 22.1. The number of hydrogen-bond acceptors (Lipinski definition) is 3. The molecule has 1 unspecified atom stereocenters. The van der Waals surface area contributed by atoms with E-state index in [9.17, 15) is 4.79 Å². The van der Waals surface area contributed by atoms with E-state index in [-0.39, 0.29) is 5.56 Å². The summed E-state index contributed by atoms with van der Waals surface area (Å²) in [6, 6.07) is 7.98. The third-order valence-corrected chi connectivity index (χ3v) is 4.22. The standard InChI is InChI=1S/C18H27N3O/c1-5-14(4)21(11-10-13(2)3)12-17-19-16-9-7-6-8-15(16)18(22)20-17/h6-9,13-14H,5,10-12H2,1-4H3,(H,19,20,22). The number of rotatable bonds is 7. The molecule has 0 spiro atoms. The van der Waals surface area contributed by atoms with Crippen LogP contribution < -0.4 is 5.56 Å². The predicted molar refractivity (Wildman–Crippen MR) is 92.0 cm³/mol. The molecule has 22 heavy (non-hydrogen) atoms. The monoisotopic (exact) mass is 301 g/mol. The van der Waals surface area contributed by atoms with Crippen molar-refractivity contribution in [2.45, 2.75) is 53.1 Å². The normalized spacial score (nSPS) is 13.2. The smallest absolute Gasteiger partial charge is 0.258 e. The topological polar surface area (TPSA) is 49.0 Å². The fourth-order valence-electron chi connectivity index (χ4n) is 2.54. The summed E-state index contributed by atoms with van der Waals surface area (Å²) < 4.78 is 0. The van der Waals surface area contributed by atoms with Crippen molar-refractivity contribution >= 4 is 10.9 Å². The summed E-state index contributed by atoms with van der Waals surface area (Å²) in [7, 11) is 0. The second-order valence-electron chi connectivity index (χ2n) is 6.44.